The van der Waals surface area contributed by atoms with Crippen LogP contribution in [-0.2, 0) is 6.42 Å². The van der Waals surface area contributed by atoms with E-state index in [2.05, 4.69) is 54.5 Å². The van der Waals surface area contributed by atoms with Gasteiger partial charge in [-0.1, -0.05) is 19.1 Å². The van der Waals surface area contributed by atoms with E-state index in [1.165, 1.54) is 12.1 Å². The van der Waals surface area contributed by atoms with Crippen molar-refractivity contribution in [2.24, 2.45) is 0 Å². The molecule has 3 heterocycles. The number of hydrogen-bond acceptors (Lipinski definition) is 5. The first kappa shape index (κ1) is 29.4. The van der Waals surface area contributed by atoms with Gasteiger partial charge in [0.05, 0.1) is 18.4 Å². The molecular formula is C33H41F3N4O. The molecule has 2 aromatic carbocycles. The Morgan fingerprint density at radius 2 is 1.73 bits per heavy atom. The second-order valence-electron chi connectivity index (χ2n) is 12.6. The standard InChI is InChI=1S/C33H41F3N4O/c1-8-19(2)40-18-33(5,6)41-32-27(35)15-24(16-29(32)40)31-28(36)17-37-30(38-31)14-22-9-10-25(26(34)13-22)23-11-20(3)39(7)21(4)12-23/h9-10,13,15-17,19-21,23H,8,11-12,14,18H2,1-7H3. The zero-order valence-corrected chi connectivity index (χ0v) is 25.1. The number of aromatic nitrogens is 2. The summed E-state index contributed by atoms with van der Waals surface area (Å²) in [6.07, 6.45) is 4.02. The Hall–Kier alpha value is -3.13. The quantitative estimate of drug-likeness (QED) is 0.309. The highest BCUT2D eigenvalue weighted by Gasteiger charge is 2.36. The topological polar surface area (TPSA) is 41.5 Å². The Kier molecular flexibility index (Phi) is 8.07. The molecule has 5 nitrogen and oxygen atoms in total. The van der Waals surface area contributed by atoms with Crippen molar-refractivity contribution in [1.82, 2.24) is 14.9 Å². The van der Waals surface area contributed by atoms with E-state index < -0.39 is 17.2 Å². The van der Waals surface area contributed by atoms with E-state index in [0.29, 0.717) is 41.3 Å². The molecule has 0 amide bonds. The lowest BCUT2D eigenvalue weighted by atomic mass is 9.82. The van der Waals surface area contributed by atoms with E-state index in [4.69, 9.17) is 4.74 Å². The van der Waals surface area contributed by atoms with E-state index >= 15 is 13.2 Å². The van der Waals surface area contributed by atoms with E-state index in [-0.39, 0.29) is 35.6 Å². The maximum Gasteiger partial charge on any atom is 0.179 e. The Morgan fingerprint density at radius 1 is 1.02 bits per heavy atom. The van der Waals surface area contributed by atoms with Crippen LogP contribution in [0.1, 0.15) is 83.7 Å². The summed E-state index contributed by atoms with van der Waals surface area (Å²) in [4.78, 5) is 13.1. The fourth-order valence-electron chi connectivity index (χ4n) is 6.27. The average Bonchev–Trinajstić information content (AvgIpc) is 2.91. The highest BCUT2D eigenvalue weighted by Crippen LogP contribution is 2.43. The summed E-state index contributed by atoms with van der Waals surface area (Å²) in [7, 11) is 2.12. The summed E-state index contributed by atoms with van der Waals surface area (Å²) in [5.41, 5.74) is 1.78. The third-order valence-corrected chi connectivity index (χ3v) is 8.96. The van der Waals surface area contributed by atoms with Crippen LogP contribution in [0.2, 0.25) is 0 Å². The number of hydrogen-bond donors (Lipinski definition) is 0. The number of fused-ring (bicyclic) bond motifs is 1. The minimum atomic E-state index is -0.646. The number of ether oxygens (including phenoxy) is 1. The summed E-state index contributed by atoms with van der Waals surface area (Å²) in [6.45, 7) is 13.0. The highest BCUT2D eigenvalue weighted by molar-refractivity contribution is 5.72. The summed E-state index contributed by atoms with van der Waals surface area (Å²) in [5.74, 6) is -0.764. The van der Waals surface area contributed by atoms with Gasteiger partial charge in [-0.3, -0.25) is 0 Å². The molecule has 1 saturated heterocycles. The highest BCUT2D eigenvalue weighted by atomic mass is 19.1. The Bertz CT molecular complexity index is 1420. The fourth-order valence-corrected chi connectivity index (χ4v) is 6.27. The number of halogens is 3. The minimum Gasteiger partial charge on any atom is -0.481 e. The van der Waals surface area contributed by atoms with Crippen molar-refractivity contribution in [3.63, 3.8) is 0 Å². The average molecular weight is 567 g/mol. The molecule has 2 aliphatic heterocycles. The maximum atomic E-state index is 15.4. The largest absolute Gasteiger partial charge is 0.481 e. The van der Waals surface area contributed by atoms with Gasteiger partial charge in [0.1, 0.15) is 22.9 Å². The molecule has 0 spiro atoms. The summed E-state index contributed by atoms with van der Waals surface area (Å²) in [6, 6.07) is 9.23. The van der Waals surface area contributed by atoms with Gasteiger partial charge in [-0.25, -0.2) is 23.1 Å². The third-order valence-electron chi connectivity index (χ3n) is 8.96. The Labute approximate surface area is 241 Å². The van der Waals surface area contributed by atoms with Crippen LogP contribution in [0.4, 0.5) is 18.9 Å². The molecule has 8 heteroatoms. The molecule has 0 radical (unpaired) electrons. The molecule has 0 bridgehead atoms. The smallest absolute Gasteiger partial charge is 0.179 e. The second-order valence-corrected chi connectivity index (χ2v) is 12.6. The lowest BCUT2D eigenvalue weighted by molar-refractivity contribution is 0.0960. The van der Waals surface area contributed by atoms with Crippen LogP contribution in [0.25, 0.3) is 11.3 Å². The maximum absolute atomic E-state index is 15.4. The molecule has 220 valence electrons. The SMILES string of the molecule is CCC(C)N1CC(C)(C)Oc2c(F)cc(-c3nc(Cc4ccc(C5CC(C)N(C)C(C)C5)c(F)c4)ncc3F)cc21. The molecule has 5 rings (SSSR count). The van der Waals surface area contributed by atoms with Gasteiger partial charge in [-0.15, -0.1) is 0 Å². The predicted octanol–water partition coefficient (Wildman–Crippen LogP) is 7.51. The number of nitrogens with zero attached hydrogens (tertiary/aromatic N) is 4. The van der Waals surface area contributed by atoms with Gasteiger partial charge in [0.2, 0.25) is 0 Å². The van der Waals surface area contributed by atoms with Crippen LogP contribution in [0.5, 0.6) is 5.75 Å². The second kappa shape index (κ2) is 11.3. The lowest BCUT2D eigenvalue weighted by Gasteiger charge is -2.44. The fraction of sp³-hybridized carbons (Fsp3) is 0.515. The molecule has 3 unspecified atom stereocenters. The zero-order valence-electron chi connectivity index (χ0n) is 25.1. The molecule has 2 aliphatic rings. The molecule has 0 N–H and O–H groups in total. The normalized spacial score (nSPS) is 23.2. The molecule has 3 aromatic rings. The number of rotatable bonds is 6. The monoisotopic (exact) mass is 566 g/mol. The summed E-state index contributed by atoms with van der Waals surface area (Å²) >= 11 is 0. The molecule has 3 atom stereocenters. The molecule has 1 aromatic heterocycles. The van der Waals surface area contributed by atoms with Crippen LogP contribution < -0.4 is 9.64 Å². The number of piperidine rings is 1. The van der Waals surface area contributed by atoms with Crippen LogP contribution >= 0.6 is 0 Å². The first-order valence-electron chi connectivity index (χ1n) is 14.7. The van der Waals surface area contributed by atoms with E-state index in [0.717, 1.165) is 31.0 Å². The van der Waals surface area contributed by atoms with Crippen molar-refractivity contribution in [2.75, 3.05) is 18.5 Å². The number of anilines is 1. The van der Waals surface area contributed by atoms with Gasteiger partial charge in [0.25, 0.3) is 0 Å². The van der Waals surface area contributed by atoms with Crippen LogP contribution in [0.3, 0.4) is 0 Å². The first-order valence-corrected chi connectivity index (χ1v) is 14.7. The van der Waals surface area contributed by atoms with Crippen molar-refractivity contribution in [2.45, 2.75) is 96.9 Å². The summed E-state index contributed by atoms with van der Waals surface area (Å²) in [5, 5.41) is 0. The molecule has 0 aliphatic carbocycles. The van der Waals surface area contributed by atoms with Crippen molar-refractivity contribution in [3.8, 4) is 17.0 Å². The van der Waals surface area contributed by atoms with Gasteiger partial charge in [0.15, 0.2) is 17.4 Å². The Balaban J connectivity index is 1.43. The van der Waals surface area contributed by atoms with Gasteiger partial charge in [-0.05, 0) is 96.2 Å². The van der Waals surface area contributed by atoms with Crippen molar-refractivity contribution in [3.05, 3.63) is 70.9 Å². The van der Waals surface area contributed by atoms with E-state index in [1.54, 1.807) is 6.07 Å². The van der Waals surface area contributed by atoms with Gasteiger partial charge in [0, 0.05) is 30.1 Å². The van der Waals surface area contributed by atoms with Gasteiger partial charge in [-0.2, -0.15) is 0 Å². The van der Waals surface area contributed by atoms with Crippen molar-refractivity contribution < 1.29 is 17.9 Å². The minimum absolute atomic E-state index is 0.0111. The van der Waals surface area contributed by atoms with Crippen LogP contribution in [0, 0.1) is 17.5 Å². The van der Waals surface area contributed by atoms with Gasteiger partial charge >= 0.3 is 0 Å². The first-order chi connectivity index (χ1) is 19.4. The number of benzene rings is 2. The van der Waals surface area contributed by atoms with Crippen LogP contribution in [-0.4, -0.2) is 52.2 Å². The zero-order chi connectivity index (χ0) is 29.6. The molecule has 0 saturated carbocycles. The van der Waals surface area contributed by atoms with Crippen LogP contribution in [0.15, 0.2) is 36.5 Å². The van der Waals surface area contributed by atoms with Crippen molar-refractivity contribution in [1.29, 1.82) is 0 Å². The molecule has 41 heavy (non-hydrogen) atoms. The van der Waals surface area contributed by atoms with Crippen molar-refractivity contribution >= 4 is 5.69 Å². The Morgan fingerprint density at radius 3 is 2.39 bits per heavy atom. The van der Waals surface area contributed by atoms with E-state index in [1.807, 2.05) is 26.0 Å². The van der Waals surface area contributed by atoms with Gasteiger partial charge < -0.3 is 14.5 Å². The predicted molar refractivity (Wildman–Crippen MR) is 157 cm³/mol. The van der Waals surface area contributed by atoms with E-state index in [9.17, 15) is 0 Å². The third kappa shape index (κ3) is 5.94. The summed E-state index contributed by atoms with van der Waals surface area (Å²) < 4.78 is 51.8. The lowest BCUT2D eigenvalue weighted by Crippen LogP contribution is -2.50. The number of likely N-dealkylation sites (tertiary alicyclic amines) is 1. The molecular weight excluding hydrogens is 525 g/mol. The molecule has 1 fully saturated rings.